The van der Waals surface area contributed by atoms with Gasteiger partial charge in [-0.1, -0.05) is 30.3 Å². The molecule has 1 heterocycles. The minimum Gasteiger partial charge on any atom is -0.354 e. The van der Waals surface area contributed by atoms with Crippen molar-refractivity contribution in [1.29, 1.82) is 0 Å². The molecule has 0 radical (unpaired) electrons. The van der Waals surface area contributed by atoms with Gasteiger partial charge in [0.15, 0.2) is 5.96 Å². The molecule has 0 saturated carbocycles. The third kappa shape index (κ3) is 4.42. The van der Waals surface area contributed by atoms with Gasteiger partial charge in [0.2, 0.25) is 0 Å². The Balaban J connectivity index is 1.86. The van der Waals surface area contributed by atoms with Crippen molar-refractivity contribution < 1.29 is 0 Å². The molecular weight excluding hydrogens is 250 g/mol. The molecule has 0 amide bonds. The van der Waals surface area contributed by atoms with Crippen LogP contribution in [-0.2, 0) is 13.1 Å². The highest BCUT2D eigenvalue weighted by Crippen LogP contribution is 2.00. The first kappa shape index (κ1) is 14.1. The van der Waals surface area contributed by atoms with E-state index in [-0.39, 0.29) is 0 Å². The molecule has 0 fully saturated rings. The summed E-state index contributed by atoms with van der Waals surface area (Å²) >= 11 is 0. The van der Waals surface area contributed by atoms with Gasteiger partial charge >= 0.3 is 0 Å². The molecule has 0 aliphatic carbocycles. The van der Waals surface area contributed by atoms with Gasteiger partial charge < -0.3 is 14.8 Å². The maximum Gasteiger partial charge on any atom is 0.193 e. The second kappa shape index (κ2) is 7.33. The standard InChI is InChI=1S/C15H21N5/c1-19(2)15(17-9-11-20-10-8-16-13-20)18-12-14-6-4-3-5-7-14/h3-8,10,13H,9,11-12H2,1-2H3,(H,17,18). The average molecular weight is 271 g/mol. The first-order chi connectivity index (χ1) is 9.75. The van der Waals surface area contributed by atoms with Crippen LogP contribution in [0, 0.1) is 0 Å². The lowest BCUT2D eigenvalue weighted by Gasteiger charge is -2.17. The topological polar surface area (TPSA) is 45.5 Å². The van der Waals surface area contributed by atoms with E-state index in [4.69, 9.17) is 0 Å². The van der Waals surface area contributed by atoms with Crippen molar-refractivity contribution in [3.8, 4) is 0 Å². The van der Waals surface area contributed by atoms with Crippen LogP contribution in [0.15, 0.2) is 54.0 Å². The van der Waals surface area contributed by atoms with E-state index in [1.54, 1.807) is 6.20 Å². The Morgan fingerprint density at radius 3 is 2.75 bits per heavy atom. The van der Waals surface area contributed by atoms with Crippen LogP contribution in [-0.4, -0.2) is 41.1 Å². The lowest BCUT2D eigenvalue weighted by atomic mass is 10.2. The summed E-state index contributed by atoms with van der Waals surface area (Å²) in [6, 6.07) is 10.3. The number of nitrogens with one attached hydrogen (secondary N) is 1. The Morgan fingerprint density at radius 1 is 1.30 bits per heavy atom. The molecule has 0 atom stereocenters. The van der Waals surface area contributed by atoms with E-state index in [0.717, 1.165) is 19.0 Å². The Hall–Kier alpha value is -2.30. The summed E-state index contributed by atoms with van der Waals surface area (Å²) in [5.74, 6) is 0.897. The fourth-order valence-corrected chi connectivity index (χ4v) is 1.82. The van der Waals surface area contributed by atoms with Gasteiger partial charge in [0.25, 0.3) is 0 Å². The maximum atomic E-state index is 4.62. The second-order valence-corrected chi connectivity index (χ2v) is 4.75. The minimum absolute atomic E-state index is 0.687. The molecule has 0 aliphatic heterocycles. The van der Waals surface area contributed by atoms with Crippen molar-refractivity contribution in [3.05, 3.63) is 54.6 Å². The molecular formula is C15H21N5. The summed E-state index contributed by atoms with van der Waals surface area (Å²) in [6.45, 7) is 2.38. The number of aliphatic imine (C=N–C) groups is 1. The van der Waals surface area contributed by atoms with E-state index >= 15 is 0 Å². The molecule has 106 valence electrons. The summed E-state index contributed by atoms with van der Waals surface area (Å²) in [4.78, 5) is 10.6. The fraction of sp³-hybridized carbons (Fsp3) is 0.333. The highest BCUT2D eigenvalue weighted by molar-refractivity contribution is 5.79. The monoisotopic (exact) mass is 271 g/mol. The summed E-state index contributed by atoms with van der Waals surface area (Å²) in [5.41, 5.74) is 1.21. The number of imidazole rings is 1. The second-order valence-electron chi connectivity index (χ2n) is 4.75. The molecule has 0 bridgehead atoms. The average Bonchev–Trinajstić information content (AvgIpc) is 2.96. The van der Waals surface area contributed by atoms with Gasteiger partial charge in [-0.3, -0.25) is 0 Å². The predicted molar refractivity (Wildman–Crippen MR) is 81.5 cm³/mol. The molecule has 20 heavy (non-hydrogen) atoms. The normalized spacial score (nSPS) is 11.4. The summed E-state index contributed by atoms with van der Waals surface area (Å²) < 4.78 is 2.04. The Kier molecular flexibility index (Phi) is 5.17. The van der Waals surface area contributed by atoms with Gasteiger partial charge in [-0.2, -0.15) is 0 Å². The van der Waals surface area contributed by atoms with Crippen molar-refractivity contribution in [3.63, 3.8) is 0 Å². The molecule has 5 heteroatoms. The van der Waals surface area contributed by atoms with E-state index < -0.39 is 0 Å². The summed E-state index contributed by atoms with van der Waals surface area (Å²) in [7, 11) is 3.99. The molecule has 1 aromatic heterocycles. The van der Waals surface area contributed by atoms with Gasteiger partial charge in [0.1, 0.15) is 0 Å². The van der Waals surface area contributed by atoms with Crippen molar-refractivity contribution in [2.24, 2.45) is 4.99 Å². The van der Waals surface area contributed by atoms with Crippen molar-refractivity contribution in [1.82, 2.24) is 19.8 Å². The number of aromatic nitrogens is 2. The number of hydrogen-bond acceptors (Lipinski definition) is 2. The van der Waals surface area contributed by atoms with Crippen LogP contribution >= 0.6 is 0 Å². The van der Waals surface area contributed by atoms with E-state index in [1.807, 2.05) is 54.3 Å². The zero-order valence-corrected chi connectivity index (χ0v) is 12.0. The number of guanidine groups is 1. The molecule has 0 aliphatic rings. The SMILES string of the molecule is CN(C)C(=NCc1ccccc1)NCCn1ccnc1. The quantitative estimate of drug-likeness (QED) is 0.663. The van der Waals surface area contributed by atoms with E-state index in [1.165, 1.54) is 5.56 Å². The predicted octanol–water partition coefficient (Wildman–Crippen LogP) is 1.59. The van der Waals surface area contributed by atoms with Crippen LogP contribution in [0.1, 0.15) is 5.56 Å². The number of nitrogens with zero attached hydrogens (tertiary/aromatic N) is 4. The van der Waals surface area contributed by atoms with Crippen molar-refractivity contribution in [2.75, 3.05) is 20.6 Å². The highest BCUT2D eigenvalue weighted by Gasteiger charge is 2.01. The Labute approximate surface area is 120 Å². The van der Waals surface area contributed by atoms with Crippen LogP contribution in [0.4, 0.5) is 0 Å². The first-order valence-corrected chi connectivity index (χ1v) is 6.71. The van der Waals surface area contributed by atoms with Gasteiger partial charge in [0.05, 0.1) is 12.9 Å². The third-order valence-electron chi connectivity index (χ3n) is 2.89. The van der Waals surface area contributed by atoms with Crippen molar-refractivity contribution in [2.45, 2.75) is 13.1 Å². The third-order valence-corrected chi connectivity index (χ3v) is 2.89. The van der Waals surface area contributed by atoms with Gasteiger partial charge in [0, 0.05) is 39.6 Å². The molecule has 0 unspecified atom stereocenters. The van der Waals surface area contributed by atoms with Gasteiger partial charge in [-0.25, -0.2) is 9.98 Å². The van der Waals surface area contributed by atoms with Crippen LogP contribution in [0.2, 0.25) is 0 Å². The molecule has 0 spiro atoms. The molecule has 2 aromatic rings. The number of benzene rings is 1. The van der Waals surface area contributed by atoms with Gasteiger partial charge in [-0.15, -0.1) is 0 Å². The smallest absolute Gasteiger partial charge is 0.193 e. The number of rotatable bonds is 5. The summed E-state index contributed by atoms with van der Waals surface area (Å²) in [6.07, 6.45) is 5.56. The minimum atomic E-state index is 0.687. The fourth-order valence-electron chi connectivity index (χ4n) is 1.82. The van der Waals surface area contributed by atoms with Crippen LogP contribution < -0.4 is 5.32 Å². The lowest BCUT2D eigenvalue weighted by molar-refractivity contribution is 0.564. The maximum absolute atomic E-state index is 4.62. The summed E-state index contributed by atoms with van der Waals surface area (Å²) in [5, 5.41) is 3.36. The highest BCUT2D eigenvalue weighted by atomic mass is 15.3. The Morgan fingerprint density at radius 2 is 2.10 bits per heavy atom. The first-order valence-electron chi connectivity index (χ1n) is 6.71. The largest absolute Gasteiger partial charge is 0.354 e. The zero-order chi connectivity index (χ0) is 14.2. The van der Waals surface area contributed by atoms with Gasteiger partial charge in [-0.05, 0) is 5.56 Å². The van der Waals surface area contributed by atoms with Crippen LogP contribution in [0.25, 0.3) is 0 Å². The molecule has 0 saturated heterocycles. The van der Waals surface area contributed by atoms with E-state index in [9.17, 15) is 0 Å². The van der Waals surface area contributed by atoms with Crippen LogP contribution in [0.5, 0.6) is 0 Å². The lowest BCUT2D eigenvalue weighted by Crippen LogP contribution is -2.38. The van der Waals surface area contributed by atoms with E-state index in [0.29, 0.717) is 6.54 Å². The number of hydrogen-bond donors (Lipinski definition) is 1. The molecule has 1 N–H and O–H groups in total. The van der Waals surface area contributed by atoms with Crippen LogP contribution in [0.3, 0.4) is 0 Å². The molecule has 1 aromatic carbocycles. The zero-order valence-electron chi connectivity index (χ0n) is 12.0. The van der Waals surface area contributed by atoms with E-state index in [2.05, 4.69) is 27.4 Å². The molecule has 2 rings (SSSR count). The molecule has 5 nitrogen and oxygen atoms in total. The van der Waals surface area contributed by atoms with Crippen molar-refractivity contribution >= 4 is 5.96 Å². The Bertz CT molecular complexity index is 516.